The average Bonchev–Trinajstić information content (AvgIpc) is 3.65. The molecule has 1 amide bonds. The average molecular weight is 544 g/mol. The first-order valence-corrected chi connectivity index (χ1v) is 15.9. The summed E-state index contributed by atoms with van der Waals surface area (Å²) < 4.78 is 0. The second kappa shape index (κ2) is 11.3. The Morgan fingerprint density at radius 3 is 2.40 bits per heavy atom. The molecule has 0 bridgehead atoms. The van der Waals surface area contributed by atoms with E-state index in [1.54, 1.807) is 6.20 Å². The van der Waals surface area contributed by atoms with Crippen LogP contribution in [-0.2, 0) is 0 Å². The van der Waals surface area contributed by atoms with Crippen molar-refractivity contribution in [2.45, 2.75) is 82.2 Å². The highest BCUT2D eigenvalue weighted by atomic mass is 16.1. The summed E-state index contributed by atoms with van der Waals surface area (Å²) in [6, 6.07) is 10.0. The van der Waals surface area contributed by atoms with E-state index in [0.717, 1.165) is 49.0 Å². The van der Waals surface area contributed by atoms with E-state index >= 15 is 0 Å². The van der Waals surface area contributed by atoms with Crippen molar-refractivity contribution >= 4 is 23.2 Å². The number of nitrogens with two attached hydrogens (primary N) is 1. The van der Waals surface area contributed by atoms with Gasteiger partial charge in [0.25, 0.3) is 5.91 Å². The zero-order chi connectivity index (χ0) is 27.1. The number of amides is 1. The second-order valence-electron chi connectivity index (χ2n) is 13.1. The predicted octanol–water partition coefficient (Wildman–Crippen LogP) is 4.66. The van der Waals surface area contributed by atoms with Crippen molar-refractivity contribution in [3.8, 4) is 0 Å². The summed E-state index contributed by atoms with van der Waals surface area (Å²) >= 11 is 0. The van der Waals surface area contributed by atoms with Gasteiger partial charge in [-0.05, 0) is 93.1 Å². The van der Waals surface area contributed by atoms with Crippen molar-refractivity contribution in [3.63, 3.8) is 0 Å². The van der Waals surface area contributed by atoms with E-state index in [1.807, 2.05) is 0 Å². The van der Waals surface area contributed by atoms with Gasteiger partial charge in [0.1, 0.15) is 5.82 Å². The number of anilines is 3. The molecule has 40 heavy (non-hydrogen) atoms. The largest absolute Gasteiger partial charge is 0.364 e. The van der Waals surface area contributed by atoms with Gasteiger partial charge in [-0.15, -0.1) is 0 Å². The number of nitrogens with one attached hydrogen (secondary N) is 2. The number of fused-ring (bicyclic) bond motifs is 1. The smallest absolute Gasteiger partial charge is 0.271 e. The number of carbonyl (C=O) groups is 1. The van der Waals surface area contributed by atoms with Crippen molar-refractivity contribution in [2.24, 2.45) is 23.5 Å². The van der Waals surface area contributed by atoms with Crippen molar-refractivity contribution in [2.75, 3.05) is 42.9 Å². The number of carbonyl (C=O) groups excluding carboxylic acids is 1. The summed E-state index contributed by atoms with van der Waals surface area (Å²) in [6.45, 7) is 5.50. The van der Waals surface area contributed by atoms with Crippen molar-refractivity contribution in [3.05, 3.63) is 41.7 Å². The normalized spacial score (nSPS) is 28.4. The van der Waals surface area contributed by atoms with Crippen LogP contribution < -0.4 is 21.3 Å². The van der Waals surface area contributed by atoms with Crippen LogP contribution in [0.3, 0.4) is 0 Å². The molecule has 5 aliphatic rings. The van der Waals surface area contributed by atoms with E-state index in [-0.39, 0.29) is 5.69 Å². The maximum absolute atomic E-state index is 12.3. The molecule has 1 aromatic heterocycles. The van der Waals surface area contributed by atoms with Gasteiger partial charge in [0.2, 0.25) is 0 Å². The van der Waals surface area contributed by atoms with Crippen LogP contribution in [0, 0.1) is 17.8 Å². The van der Waals surface area contributed by atoms with Gasteiger partial charge in [0.15, 0.2) is 11.5 Å². The third-order valence-corrected chi connectivity index (χ3v) is 10.9. The van der Waals surface area contributed by atoms with Gasteiger partial charge >= 0.3 is 0 Å². The van der Waals surface area contributed by atoms with E-state index < -0.39 is 5.91 Å². The van der Waals surface area contributed by atoms with E-state index in [2.05, 4.69) is 49.7 Å². The molecule has 7 rings (SSSR count). The van der Waals surface area contributed by atoms with Gasteiger partial charge in [0.05, 0.1) is 6.20 Å². The summed E-state index contributed by atoms with van der Waals surface area (Å²) in [5.41, 5.74) is 8.22. The second-order valence-corrected chi connectivity index (χ2v) is 13.1. The number of benzene rings is 1. The molecular formula is C32H45N7O. The van der Waals surface area contributed by atoms with Gasteiger partial charge in [-0.1, -0.05) is 44.2 Å². The number of hydrogen-bond acceptors (Lipinski definition) is 7. The Balaban J connectivity index is 1.05. The number of aromatic nitrogens is 2. The van der Waals surface area contributed by atoms with E-state index in [1.165, 1.54) is 82.9 Å². The third-order valence-electron chi connectivity index (χ3n) is 10.9. The molecule has 3 saturated heterocycles. The van der Waals surface area contributed by atoms with Gasteiger partial charge in [-0.2, -0.15) is 0 Å². The molecule has 4 N–H and O–H groups in total. The molecule has 2 saturated carbocycles. The Kier molecular flexibility index (Phi) is 7.39. The summed E-state index contributed by atoms with van der Waals surface area (Å²) in [5.74, 6) is 3.64. The number of primary amides is 1. The molecule has 214 valence electrons. The molecule has 3 aliphatic heterocycles. The van der Waals surface area contributed by atoms with Crippen LogP contribution in [0.1, 0.15) is 86.2 Å². The van der Waals surface area contributed by atoms with Crippen LogP contribution in [-0.4, -0.2) is 65.6 Å². The van der Waals surface area contributed by atoms with Crippen molar-refractivity contribution in [1.82, 2.24) is 20.2 Å². The summed E-state index contributed by atoms with van der Waals surface area (Å²) in [7, 11) is 0. The predicted molar refractivity (Wildman–Crippen MR) is 159 cm³/mol. The minimum atomic E-state index is -0.560. The first-order chi connectivity index (χ1) is 19.6. The number of hydrogen-bond donors (Lipinski definition) is 3. The number of likely N-dealkylation sites (tertiary alicyclic amines) is 1. The molecule has 8 heteroatoms. The van der Waals surface area contributed by atoms with Crippen LogP contribution >= 0.6 is 0 Å². The Morgan fingerprint density at radius 1 is 0.925 bits per heavy atom. The number of nitrogens with zero attached hydrogens (tertiary/aromatic N) is 4. The standard InChI is InChI=1S/C32H45N7O/c33-31(40)30-32(36-24-10-8-21(9-11-24)22-13-16-38(17-14-22)25-6-1-2-7-25)37-29(18-35-30)39-19-27(23-4-3-5-23)26-12-15-34-28(26)20-39/h8-11,18,22-23,25-28,34H,1-7,12-17,19-20H2,(H2,33,40)(H,36,37)/t26-,27?,28+/m1/s1. The molecule has 2 aliphatic carbocycles. The summed E-state index contributed by atoms with van der Waals surface area (Å²) in [6.07, 6.45) is 15.2. The first-order valence-electron chi connectivity index (χ1n) is 15.9. The van der Waals surface area contributed by atoms with E-state index in [9.17, 15) is 4.79 Å². The quantitative estimate of drug-likeness (QED) is 0.467. The fourth-order valence-corrected chi connectivity index (χ4v) is 8.40. The minimum absolute atomic E-state index is 0.191. The van der Waals surface area contributed by atoms with E-state index in [0.29, 0.717) is 23.7 Å². The molecular weight excluding hydrogens is 498 g/mol. The summed E-state index contributed by atoms with van der Waals surface area (Å²) in [4.78, 5) is 26.8. The lowest BCUT2D eigenvalue weighted by Crippen LogP contribution is -2.54. The zero-order valence-electron chi connectivity index (χ0n) is 23.7. The highest BCUT2D eigenvalue weighted by molar-refractivity contribution is 5.96. The fourth-order valence-electron chi connectivity index (χ4n) is 8.40. The van der Waals surface area contributed by atoms with Gasteiger partial charge in [0, 0.05) is 30.9 Å². The summed E-state index contributed by atoms with van der Waals surface area (Å²) in [5, 5.41) is 7.13. The maximum Gasteiger partial charge on any atom is 0.271 e. The van der Waals surface area contributed by atoms with Gasteiger partial charge < -0.3 is 26.2 Å². The van der Waals surface area contributed by atoms with Crippen molar-refractivity contribution in [1.29, 1.82) is 0 Å². The van der Waals surface area contributed by atoms with Crippen LogP contribution in [0.5, 0.6) is 0 Å². The fraction of sp³-hybridized carbons (Fsp3) is 0.656. The Labute approximate surface area is 238 Å². The SMILES string of the molecule is NC(=O)c1ncc(N2CC(C3CCC3)[C@H]3CCN[C@H]3C2)nc1Nc1ccc(C2CCN(C3CCCC3)CC2)cc1. The Morgan fingerprint density at radius 2 is 1.70 bits per heavy atom. The van der Waals surface area contributed by atoms with Crippen LogP contribution in [0.15, 0.2) is 30.5 Å². The lowest BCUT2D eigenvalue weighted by molar-refractivity contribution is 0.0996. The molecule has 0 spiro atoms. The van der Waals surface area contributed by atoms with E-state index in [4.69, 9.17) is 10.7 Å². The Bertz CT molecular complexity index is 1180. The number of piperidine rings is 2. The van der Waals surface area contributed by atoms with Crippen LogP contribution in [0.25, 0.3) is 0 Å². The molecule has 2 aromatic rings. The van der Waals surface area contributed by atoms with Gasteiger partial charge in [-0.25, -0.2) is 9.97 Å². The van der Waals surface area contributed by atoms with Crippen LogP contribution in [0.4, 0.5) is 17.3 Å². The highest BCUT2D eigenvalue weighted by Gasteiger charge is 2.44. The molecule has 3 atom stereocenters. The van der Waals surface area contributed by atoms with Crippen molar-refractivity contribution < 1.29 is 4.79 Å². The molecule has 0 radical (unpaired) electrons. The molecule has 8 nitrogen and oxygen atoms in total. The van der Waals surface area contributed by atoms with Gasteiger partial charge in [-0.3, -0.25) is 4.79 Å². The van der Waals surface area contributed by atoms with Crippen LogP contribution in [0.2, 0.25) is 0 Å². The first kappa shape index (κ1) is 26.2. The minimum Gasteiger partial charge on any atom is -0.364 e. The molecule has 4 heterocycles. The lowest BCUT2D eigenvalue weighted by Gasteiger charge is -2.47. The molecule has 5 fully saturated rings. The Hall–Kier alpha value is -2.71. The maximum atomic E-state index is 12.3. The lowest BCUT2D eigenvalue weighted by atomic mass is 9.67. The third kappa shape index (κ3) is 5.20. The molecule has 1 unspecified atom stereocenters. The monoisotopic (exact) mass is 543 g/mol. The highest BCUT2D eigenvalue weighted by Crippen LogP contribution is 2.44. The molecule has 1 aromatic carbocycles. The zero-order valence-corrected chi connectivity index (χ0v) is 23.7. The number of rotatable bonds is 7. The topological polar surface area (TPSA) is 99.4 Å².